The summed E-state index contributed by atoms with van der Waals surface area (Å²) >= 11 is 0. The molecule has 0 saturated carbocycles. The molecule has 3 rings (SSSR count). The number of pyridine rings is 1. The minimum Gasteiger partial charge on any atom is -0.490 e. The van der Waals surface area contributed by atoms with Crippen LogP contribution in [0, 0.1) is 0 Å². The molecule has 156 valence electrons. The maximum Gasteiger partial charge on any atom is 0.219 e. The number of benzene rings is 2. The van der Waals surface area contributed by atoms with Crippen LogP contribution in [0.15, 0.2) is 77.9 Å². The zero-order valence-electron chi connectivity index (χ0n) is 17.5. The van der Waals surface area contributed by atoms with Gasteiger partial charge in [-0.3, -0.25) is 0 Å². The molecule has 2 N–H and O–H groups in total. The van der Waals surface area contributed by atoms with Gasteiger partial charge in [0, 0.05) is 25.4 Å². The van der Waals surface area contributed by atoms with Crippen molar-refractivity contribution in [2.24, 2.45) is 4.99 Å². The van der Waals surface area contributed by atoms with Crippen LogP contribution in [0.1, 0.15) is 25.0 Å². The normalized spacial score (nSPS) is 11.1. The van der Waals surface area contributed by atoms with Crippen molar-refractivity contribution in [3.8, 4) is 17.4 Å². The summed E-state index contributed by atoms with van der Waals surface area (Å²) in [5.74, 6) is 2.64. The molecule has 6 heteroatoms. The van der Waals surface area contributed by atoms with Gasteiger partial charge in [0.15, 0.2) is 17.5 Å². The first-order chi connectivity index (χ1) is 14.8. The lowest BCUT2D eigenvalue weighted by atomic mass is 10.2. The lowest BCUT2D eigenvalue weighted by molar-refractivity contribution is 0.319. The van der Waals surface area contributed by atoms with E-state index in [-0.39, 0.29) is 0 Å². The van der Waals surface area contributed by atoms with Crippen molar-refractivity contribution in [2.45, 2.75) is 26.9 Å². The van der Waals surface area contributed by atoms with Crippen LogP contribution in [0.25, 0.3) is 0 Å². The highest BCUT2D eigenvalue weighted by molar-refractivity contribution is 5.79. The molecule has 0 aliphatic carbocycles. The third-order valence-corrected chi connectivity index (χ3v) is 4.23. The van der Waals surface area contributed by atoms with Crippen molar-refractivity contribution >= 4 is 5.96 Å². The molecule has 2 aromatic carbocycles. The van der Waals surface area contributed by atoms with Gasteiger partial charge >= 0.3 is 0 Å². The Kier molecular flexibility index (Phi) is 8.09. The molecule has 0 atom stereocenters. The molecule has 0 fully saturated rings. The van der Waals surface area contributed by atoms with Crippen LogP contribution in [0.4, 0.5) is 0 Å². The zero-order chi connectivity index (χ0) is 21.0. The van der Waals surface area contributed by atoms with Gasteiger partial charge in [0.2, 0.25) is 5.88 Å². The van der Waals surface area contributed by atoms with E-state index in [0.29, 0.717) is 30.5 Å². The van der Waals surface area contributed by atoms with E-state index in [9.17, 15) is 0 Å². The van der Waals surface area contributed by atoms with E-state index in [4.69, 9.17) is 9.47 Å². The highest BCUT2D eigenvalue weighted by atomic mass is 16.5. The van der Waals surface area contributed by atoms with E-state index in [0.717, 1.165) is 24.6 Å². The van der Waals surface area contributed by atoms with Crippen LogP contribution < -0.4 is 20.1 Å². The van der Waals surface area contributed by atoms with Crippen LogP contribution in [-0.4, -0.2) is 24.1 Å². The fraction of sp³-hybridized carbons (Fsp3) is 0.250. The molecule has 0 amide bonds. The fourth-order valence-electron chi connectivity index (χ4n) is 2.78. The second kappa shape index (κ2) is 11.5. The molecule has 30 heavy (non-hydrogen) atoms. The van der Waals surface area contributed by atoms with Gasteiger partial charge in [-0.1, -0.05) is 48.5 Å². The summed E-state index contributed by atoms with van der Waals surface area (Å²) in [5, 5.41) is 6.61. The smallest absolute Gasteiger partial charge is 0.219 e. The van der Waals surface area contributed by atoms with Crippen molar-refractivity contribution in [2.75, 3.05) is 13.2 Å². The first kappa shape index (κ1) is 21.2. The van der Waals surface area contributed by atoms with E-state index < -0.39 is 0 Å². The number of para-hydroxylation sites is 2. The topological polar surface area (TPSA) is 67.8 Å². The van der Waals surface area contributed by atoms with Crippen LogP contribution in [-0.2, 0) is 13.1 Å². The average molecular weight is 405 g/mol. The van der Waals surface area contributed by atoms with Crippen LogP contribution in [0.3, 0.4) is 0 Å². The molecule has 6 nitrogen and oxygen atoms in total. The Hall–Kier alpha value is -3.54. The number of nitrogens with zero attached hydrogens (tertiary/aromatic N) is 2. The predicted molar refractivity (Wildman–Crippen MR) is 120 cm³/mol. The lowest BCUT2D eigenvalue weighted by Crippen LogP contribution is -2.36. The molecule has 0 aliphatic rings. The van der Waals surface area contributed by atoms with E-state index in [2.05, 4.69) is 32.7 Å². The number of aromatic nitrogens is 1. The molecule has 1 heterocycles. The van der Waals surface area contributed by atoms with Gasteiger partial charge in [0.1, 0.15) is 0 Å². The maximum absolute atomic E-state index is 5.87. The average Bonchev–Trinajstić information content (AvgIpc) is 2.79. The molecule has 0 spiro atoms. The monoisotopic (exact) mass is 404 g/mol. The minimum absolute atomic E-state index is 0.518. The number of rotatable bonds is 9. The van der Waals surface area contributed by atoms with Crippen LogP contribution in [0.2, 0.25) is 0 Å². The molecule has 0 radical (unpaired) electrons. The molecule has 0 aliphatic heterocycles. The highest BCUT2D eigenvalue weighted by Gasteiger charge is 2.06. The van der Waals surface area contributed by atoms with Gasteiger partial charge in [-0.05, 0) is 37.1 Å². The summed E-state index contributed by atoms with van der Waals surface area (Å²) in [4.78, 5) is 9.05. The Morgan fingerprint density at radius 3 is 2.33 bits per heavy atom. The van der Waals surface area contributed by atoms with Crippen molar-refractivity contribution in [1.29, 1.82) is 0 Å². The van der Waals surface area contributed by atoms with Gasteiger partial charge in [-0.15, -0.1) is 0 Å². The van der Waals surface area contributed by atoms with E-state index in [1.165, 1.54) is 5.56 Å². The Balaban J connectivity index is 1.59. The quantitative estimate of drug-likeness (QED) is 0.405. The molecule has 0 bridgehead atoms. The molecular formula is C24H28N4O2. The maximum atomic E-state index is 5.87. The van der Waals surface area contributed by atoms with Crippen LogP contribution in [0.5, 0.6) is 17.4 Å². The van der Waals surface area contributed by atoms with Crippen LogP contribution >= 0.6 is 0 Å². The fourth-order valence-corrected chi connectivity index (χ4v) is 2.78. The first-order valence-electron chi connectivity index (χ1n) is 10.2. The van der Waals surface area contributed by atoms with Crippen molar-refractivity contribution in [1.82, 2.24) is 15.6 Å². The predicted octanol–water partition coefficient (Wildman–Crippen LogP) is 4.53. The third-order valence-electron chi connectivity index (χ3n) is 4.23. The standard InChI is InChI=1S/C24H28N4O2/c1-3-25-24(27-16-19-10-6-5-7-11-19)28-18-20-14-15-23(26-17-20)30-22-13-9-8-12-21(22)29-4-2/h5-15,17H,3-4,16,18H2,1-2H3,(H2,25,27,28). The molecular weight excluding hydrogens is 376 g/mol. The SMILES string of the molecule is CCNC(=NCc1ccc(Oc2ccccc2OCC)nc1)NCc1ccccc1. The number of guanidine groups is 1. The second-order valence-corrected chi connectivity index (χ2v) is 6.52. The van der Waals surface area contributed by atoms with Crippen molar-refractivity contribution in [3.05, 3.63) is 84.1 Å². The largest absolute Gasteiger partial charge is 0.490 e. The van der Waals surface area contributed by atoms with Gasteiger partial charge < -0.3 is 20.1 Å². The van der Waals surface area contributed by atoms with Gasteiger partial charge in [0.05, 0.1) is 13.2 Å². The summed E-state index contributed by atoms with van der Waals surface area (Å²) in [6, 6.07) is 21.6. The summed E-state index contributed by atoms with van der Waals surface area (Å²) in [7, 11) is 0. The minimum atomic E-state index is 0.518. The third kappa shape index (κ3) is 6.51. The summed E-state index contributed by atoms with van der Waals surface area (Å²) in [6.07, 6.45) is 1.78. The van der Waals surface area contributed by atoms with Gasteiger partial charge in [-0.25, -0.2) is 9.98 Å². The molecule has 1 aromatic heterocycles. The number of aliphatic imine (C=N–C) groups is 1. The Morgan fingerprint density at radius 2 is 1.63 bits per heavy atom. The molecule has 0 saturated heterocycles. The van der Waals surface area contributed by atoms with Gasteiger partial charge in [0.25, 0.3) is 0 Å². The number of hydrogen-bond acceptors (Lipinski definition) is 4. The Morgan fingerprint density at radius 1 is 0.867 bits per heavy atom. The number of ether oxygens (including phenoxy) is 2. The van der Waals surface area contributed by atoms with E-state index in [1.54, 1.807) is 6.20 Å². The zero-order valence-corrected chi connectivity index (χ0v) is 17.5. The Labute approximate surface area is 178 Å². The highest BCUT2D eigenvalue weighted by Crippen LogP contribution is 2.30. The van der Waals surface area contributed by atoms with E-state index in [1.807, 2.05) is 68.4 Å². The molecule has 3 aromatic rings. The van der Waals surface area contributed by atoms with Crippen molar-refractivity contribution in [3.63, 3.8) is 0 Å². The van der Waals surface area contributed by atoms with Gasteiger partial charge in [-0.2, -0.15) is 0 Å². The molecule has 0 unspecified atom stereocenters. The summed E-state index contributed by atoms with van der Waals surface area (Å²) < 4.78 is 11.5. The Bertz CT molecular complexity index is 927. The van der Waals surface area contributed by atoms with Crippen molar-refractivity contribution < 1.29 is 9.47 Å². The van der Waals surface area contributed by atoms with E-state index >= 15 is 0 Å². The summed E-state index contributed by atoms with van der Waals surface area (Å²) in [5.41, 5.74) is 2.20. The first-order valence-corrected chi connectivity index (χ1v) is 10.2. The number of hydrogen-bond donors (Lipinski definition) is 2. The second-order valence-electron chi connectivity index (χ2n) is 6.52. The lowest BCUT2D eigenvalue weighted by Gasteiger charge is -2.12. The summed E-state index contributed by atoms with van der Waals surface area (Å²) in [6.45, 7) is 6.61. The number of nitrogens with one attached hydrogen (secondary N) is 2.